The maximum absolute atomic E-state index is 11.2. The number of aromatic nitrogens is 2. The Labute approximate surface area is 99.7 Å². The molecule has 2 rings (SSSR count). The van der Waals surface area contributed by atoms with Crippen molar-refractivity contribution in [2.24, 2.45) is 5.73 Å². The zero-order valence-corrected chi connectivity index (χ0v) is 10.4. The zero-order chi connectivity index (χ0) is 12.5. The summed E-state index contributed by atoms with van der Waals surface area (Å²) in [6.07, 6.45) is 1.14. The van der Waals surface area contributed by atoms with Gasteiger partial charge in [0.25, 0.3) is 0 Å². The number of hydrogen-bond donors (Lipinski definition) is 2. The van der Waals surface area contributed by atoms with Gasteiger partial charge < -0.3 is 15.5 Å². The number of sulfone groups is 1. The molecule has 1 atom stereocenters. The van der Waals surface area contributed by atoms with Gasteiger partial charge in [-0.3, -0.25) is 0 Å². The highest BCUT2D eigenvalue weighted by Crippen LogP contribution is 2.18. The highest BCUT2D eigenvalue weighted by molar-refractivity contribution is 7.91. The molecule has 1 saturated heterocycles. The predicted molar refractivity (Wildman–Crippen MR) is 62.2 cm³/mol. The Morgan fingerprint density at radius 3 is 2.59 bits per heavy atom. The molecule has 1 fully saturated rings. The summed E-state index contributed by atoms with van der Waals surface area (Å²) >= 11 is 0. The Morgan fingerprint density at radius 1 is 1.41 bits per heavy atom. The molecule has 96 valence electrons. The lowest BCUT2D eigenvalue weighted by atomic mass is 10.2. The smallest absolute Gasteiger partial charge is 0.315 e. The molecule has 0 saturated carbocycles. The van der Waals surface area contributed by atoms with Crippen LogP contribution < -0.4 is 11.1 Å². The van der Waals surface area contributed by atoms with Crippen molar-refractivity contribution >= 4 is 15.9 Å². The Balaban J connectivity index is 1.93. The number of rotatable bonds is 3. The predicted octanol–water partition coefficient (Wildman–Crippen LogP) is 0.0784. The fourth-order valence-electron chi connectivity index (χ4n) is 1.69. The van der Waals surface area contributed by atoms with E-state index in [0.29, 0.717) is 24.7 Å². The first-order valence-electron chi connectivity index (χ1n) is 5.52. The van der Waals surface area contributed by atoms with Crippen molar-refractivity contribution in [3.05, 3.63) is 5.89 Å². The minimum Gasteiger partial charge on any atom is -0.406 e. The molecule has 3 N–H and O–H groups in total. The van der Waals surface area contributed by atoms with Gasteiger partial charge in [-0.25, -0.2) is 8.42 Å². The van der Waals surface area contributed by atoms with Crippen LogP contribution in [0, 0.1) is 0 Å². The average molecular weight is 260 g/mol. The molecule has 8 heteroatoms. The molecule has 1 aliphatic rings. The second-order valence-electron chi connectivity index (χ2n) is 4.30. The standard InChI is InChI=1S/C9H16N4O3S/c1-6(10)8-12-13-9(16-8)11-7-2-4-17(14,15)5-3-7/h6-7H,2-5,10H2,1H3,(H,11,13). The van der Waals surface area contributed by atoms with Crippen molar-refractivity contribution < 1.29 is 12.8 Å². The lowest BCUT2D eigenvalue weighted by Crippen LogP contribution is -2.32. The first kappa shape index (κ1) is 12.3. The van der Waals surface area contributed by atoms with Gasteiger partial charge in [-0.2, -0.15) is 0 Å². The first-order valence-corrected chi connectivity index (χ1v) is 7.34. The molecule has 0 amide bonds. The van der Waals surface area contributed by atoms with Crippen LogP contribution in [0.3, 0.4) is 0 Å². The molecular formula is C9H16N4O3S. The Kier molecular flexibility index (Phi) is 3.34. The molecule has 0 bridgehead atoms. The van der Waals surface area contributed by atoms with Gasteiger partial charge in [0.15, 0.2) is 0 Å². The van der Waals surface area contributed by atoms with E-state index in [1.807, 2.05) is 0 Å². The third-order valence-electron chi connectivity index (χ3n) is 2.71. The molecular weight excluding hydrogens is 244 g/mol. The second kappa shape index (κ2) is 4.61. The van der Waals surface area contributed by atoms with Crippen LogP contribution in [0.1, 0.15) is 31.7 Å². The van der Waals surface area contributed by atoms with Crippen molar-refractivity contribution in [1.29, 1.82) is 0 Å². The third kappa shape index (κ3) is 3.16. The topological polar surface area (TPSA) is 111 Å². The molecule has 0 aromatic carbocycles. The SMILES string of the molecule is CC(N)c1nnc(NC2CCS(=O)(=O)CC2)o1. The molecule has 0 radical (unpaired) electrons. The average Bonchev–Trinajstić information content (AvgIpc) is 2.70. The van der Waals surface area contributed by atoms with E-state index < -0.39 is 9.84 Å². The van der Waals surface area contributed by atoms with Gasteiger partial charge in [-0.15, -0.1) is 5.10 Å². The second-order valence-corrected chi connectivity index (χ2v) is 6.61. The molecule has 0 spiro atoms. The zero-order valence-electron chi connectivity index (χ0n) is 9.59. The fourth-order valence-corrected chi connectivity index (χ4v) is 3.18. The Hall–Kier alpha value is -1.15. The van der Waals surface area contributed by atoms with Gasteiger partial charge in [-0.1, -0.05) is 5.10 Å². The minimum atomic E-state index is -2.84. The summed E-state index contributed by atoms with van der Waals surface area (Å²) in [6.45, 7) is 1.75. The Bertz CT molecular complexity index is 468. The van der Waals surface area contributed by atoms with E-state index in [4.69, 9.17) is 10.2 Å². The molecule has 7 nitrogen and oxygen atoms in total. The molecule has 1 unspecified atom stereocenters. The lowest BCUT2D eigenvalue weighted by Gasteiger charge is -2.21. The van der Waals surface area contributed by atoms with Gasteiger partial charge in [0.2, 0.25) is 5.89 Å². The van der Waals surface area contributed by atoms with Gasteiger partial charge in [0.05, 0.1) is 17.5 Å². The van der Waals surface area contributed by atoms with Crippen LogP contribution in [0.4, 0.5) is 6.01 Å². The van der Waals surface area contributed by atoms with E-state index >= 15 is 0 Å². The maximum atomic E-state index is 11.2. The number of hydrogen-bond acceptors (Lipinski definition) is 7. The number of nitrogens with two attached hydrogens (primary N) is 1. The van der Waals surface area contributed by atoms with Gasteiger partial charge in [0, 0.05) is 6.04 Å². The number of nitrogens with zero attached hydrogens (tertiary/aromatic N) is 2. The molecule has 2 heterocycles. The van der Waals surface area contributed by atoms with E-state index in [2.05, 4.69) is 15.5 Å². The molecule has 0 aliphatic carbocycles. The van der Waals surface area contributed by atoms with Crippen LogP contribution in [0.25, 0.3) is 0 Å². The van der Waals surface area contributed by atoms with Gasteiger partial charge in [0.1, 0.15) is 9.84 Å². The van der Waals surface area contributed by atoms with Crippen molar-refractivity contribution in [3.63, 3.8) is 0 Å². The summed E-state index contributed by atoms with van der Waals surface area (Å²) in [7, 11) is -2.84. The van der Waals surface area contributed by atoms with Gasteiger partial charge >= 0.3 is 6.01 Å². The summed E-state index contributed by atoms with van der Waals surface area (Å²) < 4.78 is 27.8. The summed E-state index contributed by atoms with van der Waals surface area (Å²) in [5.41, 5.74) is 5.59. The van der Waals surface area contributed by atoms with E-state index in [1.165, 1.54) is 0 Å². The first-order chi connectivity index (χ1) is 7.96. The van der Waals surface area contributed by atoms with Crippen molar-refractivity contribution in [2.45, 2.75) is 31.8 Å². The highest BCUT2D eigenvalue weighted by Gasteiger charge is 2.24. The van der Waals surface area contributed by atoms with Crippen LogP contribution >= 0.6 is 0 Å². The third-order valence-corrected chi connectivity index (χ3v) is 4.43. The molecule has 17 heavy (non-hydrogen) atoms. The summed E-state index contributed by atoms with van der Waals surface area (Å²) in [6, 6.07) is 0.0753. The van der Waals surface area contributed by atoms with E-state index in [0.717, 1.165) is 0 Å². The molecule has 1 aromatic heterocycles. The normalized spacial score (nSPS) is 22.2. The number of nitrogens with one attached hydrogen (secondary N) is 1. The van der Waals surface area contributed by atoms with Crippen LogP contribution in [0.15, 0.2) is 4.42 Å². The highest BCUT2D eigenvalue weighted by atomic mass is 32.2. The molecule has 1 aliphatic heterocycles. The van der Waals surface area contributed by atoms with E-state index in [1.54, 1.807) is 6.92 Å². The van der Waals surface area contributed by atoms with Crippen LogP contribution in [-0.2, 0) is 9.84 Å². The number of anilines is 1. The molecule has 1 aromatic rings. The van der Waals surface area contributed by atoms with E-state index in [-0.39, 0.29) is 23.6 Å². The fraction of sp³-hybridized carbons (Fsp3) is 0.778. The largest absolute Gasteiger partial charge is 0.406 e. The Morgan fingerprint density at radius 2 is 2.06 bits per heavy atom. The minimum absolute atomic E-state index is 0.0694. The van der Waals surface area contributed by atoms with Gasteiger partial charge in [-0.05, 0) is 19.8 Å². The lowest BCUT2D eigenvalue weighted by molar-refractivity contribution is 0.464. The van der Waals surface area contributed by atoms with E-state index in [9.17, 15) is 8.42 Å². The monoisotopic (exact) mass is 260 g/mol. The maximum Gasteiger partial charge on any atom is 0.315 e. The van der Waals surface area contributed by atoms with Crippen molar-refractivity contribution in [2.75, 3.05) is 16.8 Å². The van der Waals surface area contributed by atoms with Crippen LogP contribution in [0.5, 0.6) is 0 Å². The quantitative estimate of drug-likeness (QED) is 0.791. The summed E-state index contributed by atoms with van der Waals surface area (Å²) in [4.78, 5) is 0. The van der Waals surface area contributed by atoms with Crippen molar-refractivity contribution in [3.8, 4) is 0 Å². The van der Waals surface area contributed by atoms with Crippen LogP contribution in [0.2, 0.25) is 0 Å². The van der Waals surface area contributed by atoms with Crippen LogP contribution in [-0.4, -0.2) is 36.2 Å². The van der Waals surface area contributed by atoms with Crippen molar-refractivity contribution in [1.82, 2.24) is 10.2 Å². The summed E-state index contributed by atoms with van der Waals surface area (Å²) in [5, 5.41) is 10.6. The summed E-state index contributed by atoms with van der Waals surface area (Å²) in [5.74, 6) is 0.786.